The highest BCUT2D eigenvalue weighted by Crippen LogP contribution is 2.18. The zero-order valence-electron chi connectivity index (χ0n) is 9.83. The van der Waals surface area contributed by atoms with Crippen molar-refractivity contribution in [3.8, 4) is 0 Å². The van der Waals surface area contributed by atoms with Crippen molar-refractivity contribution >= 4 is 11.4 Å². The lowest BCUT2D eigenvalue weighted by Crippen LogP contribution is -1.90. The van der Waals surface area contributed by atoms with E-state index >= 15 is 0 Å². The van der Waals surface area contributed by atoms with E-state index in [-0.39, 0.29) is 0 Å². The summed E-state index contributed by atoms with van der Waals surface area (Å²) in [7, 11) is 0. The molecule has 0 saturated heterocycles. The summed E-state index contributed by atoms with van der Waals surface area (Å²) in [6, 6.07) is 17.0. The number of anilines is 2. The molecule has 0 aliphatic heterocycles. The first-order chi connectivity index (χ1) is 7.78. The molecule has 0 aliphatic carbocycles. The standard InChI is InChI=1S/C15H17N/c1-3-13-7-9-14(10-8-13)16-15-6-4-5-12(2)11-15/h4-11,16H,3H2,1-2H3. The van der Waals surface area contributed by atoms with Gasteiger partial charge in [0.1, 0.15) is 0 Å². The van der Waals surface area contributed by atoms with Crippen molar-refractivity contribution in [1.29, 1.82) is 0 Å². The van der Waals surface area contributed by atoms with Gasteiger partial charge in [-0.2, -0.15) is 0 Å². The molecule has 16 heavy (non-hydrogen) atoms. The maximum atomic E-state index is 3.40. The van der Waals surface area contributed by atoms with Gasteiger partial charge in [0.05, 0.1) is 0 Å². The van der Waals surface area contributed by atoms with Gasteiger partial charge in [-0.25, -0.2) is 0 Å². The van der Waals surface area contributed by atoms with Crippen LogP contribution in [0.5, 0.6) is 0 Å². The minimum Gasteiger partial charge on any atom is -0.356 e. The first-order valence-corrected chi connectivity index (χ1v) is 5.70. The third-order valence-corrected chi connectivity index (χ3v) is 2.67. The Morgan fingerprint density at radius 2 is 1.69 bits per heavy atom. The van der Waals surface area contributed by atoms with Crippen LogP contribution in [0.1, 0.15) is 18.1 Å². The highest BCUT2D eigenvalue weighted by molar-refractivity contribution is 5.60. The molecule has 0 heterocycles. The number of hydrogen-bond acceptors (Lipinski definition) is 1. The minimum atomic E-state index is 1.09. The van der Waals surface area contributed by atoms with E-state index < -0.39 is 0 Å². The molecule has 1 N–H and O–H groups in total. The van der Waals surface area contributed by atoms with Crippen LogP contribution in [0.2, 0.25) is 0 Å². The molecule has 0 atom stereocenters. The van der Waals surface area contributed by atoms with Crippen LogP contribution >= 0.6 is 0 Å². The quantitative estimate of drug-likeness (QED) is 0.798. The maximum absolute atomic E-state index is 3.40. The summed E-state index contributed by atoms with van der Waals surface area (Å²) >= 11 is 0. The van der Waals surface area contributed by atoms with Crippen molar-refractivity contribution in [2.24, 2.45) is 0 Å². The van der Waals surface area contributed by atoms with Crippen molar-refractivity contribution in [2.75, 3.05) is 5.32 Å². The summed E-state index contributed by atoms with van der Waals surface area (Å²) < 4.78 is 0. The Hall–Kier alpha value is -1.76. The van der Waals surface area contributed by atoms with Crippen LogP contribution in [-0.4, -0.2) is 0 Å². The molecule has 1 heteroatoms. The lowest BCUT2D eigenvalue weighted by Gasteiger charge is -2.07. The summed E-state index contributed by atoms with van der Waals surface area (Å²) in [5.74, 6) is 0. The summed E-state index contributed by atoms with van der Waals surface area (Å²) in [5.41, 5.74) is 4.93. The van der Waals surface area contributed by atoms with Gasteiger partial charge in [-0.1, -0.05) is 31.2 Å². The average Bonchev–Trinajstić information content (AvgIpc) is 2.30. The number of benzene rings is 2. The number of hydrogen-bond donors (Lipinski definition) is 1. The Bertz CT molecular complexity index is 457. The molecular formula is C15H17N. The monoisotopic (exact) mass is 211 g/mol. The van der Waals surface area contributed by atoms with Gasteiger partial charge in [0.2, 0.25) is 0 Å². The summed E-state index contributed by atoms with van der Waals surface area (Å²) in [4.78, 5) is 0. The van der Waals surface area contributed by atoms with Gasteiger partial charge >= 0.3 is 0 Å². The van der Waals surface area contributed by atoms with Gasteiger partial charge in [0.15, 0.2) is 0 Å². The van der Waals surface area contributed by atoms with E-state index in [0.29, 0.717) is 0 Å². The first kappa shape index (κ1) is 10.7. The Morgan fingerprint density at radius 1 is 0.938 bits per heavy atom. The molecule has 0 aliphatic rings. The normalized spacial score (nSPS) is 10.1. The van der Waals surface area contributed by atoms with Crippen LogP contribution < -0.4 is 5.32 Å². The second-order valence-electron chi connectivity index (χ2n) is 4.04. The van der Waals surface area contributed by atoms with Crippen molar-refractivity contribution in [1.82, 2.24) is 0 Å². The van der Waals surface area contributed by atoms with Crippen molar-refractivity contribution in [2.45, 2.75) is 20.3 Å². The fourth-order valence-corrected chi connectivity index (χ4v) is 1.71. The minimum absolute atomic E-state index is 1.09. The van der Waals surface area contributed by atoms with Crippen molar-refractivity contribution in [3.63, 3.8) is 0 Å². The zero-order valence-corrected chi connectivity index (χ0v) is 9.83. The smallest absolute Gasteiger partial charge is 0.0386 e. The topological polar surface area (TPSA) is 12.0 Å². The number of nitrogens with one attached hydrogen (secondary N) is 1. The van der Waals surface area contributed by atoms with Gasteiger partial charge < -0.3 is 5.32 Å². The Labute approximate surface area is 97.1 Å². The third kappa shape index (κ3) is 2.63. The van der Waals surface area contributed by atoms with E-state index in [2.05, 4.69) is 67.7 Å². The van der Waals surface area contributed by atoms with Crippen LogP contribution in [0.4, 0.5) is 11.4 Å². The van der Waals surface area contributed by atoms with E-state index in [1.807, 2.05) is 0 Å². The second kappa shape index (κ2) is 4.84. The van der Waals surface area contributed by atoms with Gasteiger partial charge in [-0.3, -0.25) is 0 Å². The summed E-state index contributed by atoms with van der Waals surface area (Å²) in [6.07, 6.45) is 1.09. The van der Waals surface area contributed by atoms with Gasteiger partial charge in [0, 0.05) is 11.4 Å². The molecule has 1 nitrogen and oxygen atoms in total. The molecule has 0 radical (unpaired) electrons. The summed E-state index contributed by atoms with van der Waals surface area (Å²) in [5, 5.41) is 3.40. The molecule has 0 fully saturated rings. The molecule has 2 rings (SSSR count). The lowest BCUT2D eigenvalue weighted by atomic mass is 10.1. The fraction of sp³-hybridized carbons (Fsp3) is 0.200. The second-order valence-corrected chi connectivity index (χ2v) is 4.04. The average molecular weight is 211 g/mol. The number of aryl methyl sites for hydroxylation is 2. The van der Waals surface area contributed by atoms with E-state index in [0.717, 1.165) is 17.8 Å². The molecule has 0 spiro atoms. The van der Waals surface area contributed by atoms with Crippen LogP contribution in [0, 0.1) is 6.92 Å². The Morgan fingerprint density at radius 3 is 2.31 bits per heavy atom. The lowest BCUT2D eigenvalue weighted by molar-refractivity contribution is 1.14. The SMILES string of the molecule is CCc1ccc(Nc2cccc(C)c2)cc1. The molecule has 2 aromatic carbocycles. The highest BCUT2D eigenvalue weighted by atomic mass is 14.9. The molecule has 0 amide bonds. The van der Waals surface area contributed by atoms with E-state index in [9.17, 15) is 0 Å². The van der Waals surface area contributed by atoms with E-state index in [1.54, 1.807) is 0 Å². The van der Waals surface area contributed by atoms with Gasteiger partial charge in [0.25, 0.3) is 0 Å². The molecule has 82 valence electrons. The van der Waals surface area contributed by atoms with Crippen LogP contribution in [0.15, 0.2) is 48.5 Å². The Balaban J connectivity index is 2.14. The summed E-state index contributed by atoms with van der Waals surface area (Å²) in [6.45, 7) is 4.27. The van der Waals surface area contributed by atoms with Crippen molar-refractivity contribution in [3.05, 3.63) is 59.7 Å². The fourth-order valence-electron chi connectivity index (χ4n) is 1.71. The van der Waals surface area contributed by atoms with E-state index in [1.165, 1.54) is 11.1 Å². The molecule has 0 unspecified atom stereocenters. The third-order valence-electron chi connectivity index (χ3n) is 2.67. The van der Waals surface area contributed by atoms with Gasteiger partial charge in [-0.05, 0) is 48.7 Å². The zero-order chi connectivity index (χ0) is 11.4. The van der Waals surface area contributed by atoms with Crippen molar-refractivity contribution < 1.29 is 0 Å². The first-order valence-electron chi connectivity index (χ1n) is 5.70. The molecule has 0 bridgehead atoms. The molecular weight excluding hydrogens is 194 g/mol. The molecule has 2 aromatic rings. The van der Waals surface area contributed by atoms with Gasteiger partial charge in [-0.15, -0.1) is 0 Å². The van der Waals surface area contributed by atoms with Crippen LogP contribution in [0.25, 0.3) is 0 Å². The maximum Gasteiger partial charge on any atom is 0.0386 e. The molecule has 0 saturated carbocycles. The number of rotatable bonds is 3. The predicted octanol–water partition coefficient (Wildman–Crippen LogP) is 4.30. The van der Waals surface area contributed by atoms with E-state index in [4.69, 9.17) is 0 Å². The Kier molecular flexibility index (Phi) is 3.25. The largest absolute Gasteiger partial charge is 0.356 e. The van der Waals surface area contributed by atoms with Crippen LogP contribution in [0.3, 0.4) is 0 Å². The highest BCUT2D eigenvalue weighted by Gasteiger charge is 1.95. The molecule has 0 aromatic heterocycles. The van der Waals surface area contributed by atoms with Crippen LogP contribution in [-0.2, 0) is 6.42 Å². The predicted molar refractivity (Wildman–Crippen MR) is 70.3 cm³/mol.